The number of carbonyl (C=O) groups excluding carboxylic acids is 1. The van der Waals surface area contributed by atoms with Crippen LogP contribution in [-0.4, -0.2) is 14.3 Å². The highest BCUT2D eigenvalue weighted by atomic mass is 32.2. The van der Waals surface area contributed by atoms with Crippen LogP contribution in [0.4, 0.5) is 10.1 Å². The molecule has 0 bridgehead atoms. The summed E-state index contributed by atoms with van der Waals surface area (Å²) >= 11 is 0. The van der Waals surface area contributed by atoms with Gasteiger partial charge in [-0.2, -0.15) is 0 Å². The van der Waals surface area contributed by atoms with Crippen LogP contribution in [0.3, 0.4) is 0 Å². The number of carbonyl (C=O) groups is 1. The zero-order valence-electron chi connectivity index (χ0n) is 17.6. The Kier molecular flexibility index (Phi) is 6.75. The molecule has 0 radical (unpaired) electrons. The van der Waals surface area contributed by atoms with Crippen molar-refractivity contribution in [2.24, 2.45) is 0 Å². The Morgan fingerprint density at radius 2 is 1.68 bits per heavy atom. The van der Waals surface area contributed by atoms with Gasteiger partial charge in [0, 0.05) is 11.3 Å². The Hall–Kier alpha value is -3.19. The second-order valence-electron chi connectivity index (χ2n) is 7.42. The molecule has 5 nitrogen and oxygen atoms in total. The van der Waals surface area contributed by atoms with Gasteiger partial charge in [-0.25, -0.2) is 12.8 Å². The zero-order chi connectivity index (χ0) is 22.6. The maximum absolute atomic E-state index is 13.1. The van der Waals surface area contributed by atoms with Crippen LogP contribution < -0.4 is 10.0 Å². The first kappa shape index (κ1) is 22.5. The lowest BCUT2D eigenvalue weighted by Crippen LogP contribution is -2.28. The van der Waals surface area contributed by atoms with Crippen LogP contribution in [0.5, 0.6) is 0 Å². The summed E-state index contributed by atoms with van der Waals surface area (Å²) in [6, 6.07) is 16.7. The SMILES string of the molecule is CCC(NC(=O)c1cccc(S(=O)(=O)Nc2ccc(F)cc2)c1)c1ccc(C)c(C)c1. The predicted molar refractivity (Wildman–Crippen MR) is 120 cm³/mol. The van der Waals surface area contributed by atoms with Crippen LogP contribution in [0.25, 0.3) is 0 Å². The molecule has 0 saturated heterocycles. The average molecular weight is 441 g/mol. The van der Waals surface area contributed by atoms with Gasteiger partial charge in [0.15, 0.2) is 0 Å². The Morgan fingerprint density at radius 3 is 2.32 bits per heavy atom. The van der Waals surface area contributed by atoms with E-state index in [1.165, 1.54) is 48.0 Å². The number of hydrogen-bond acceptors (Lipinski definition) is 3. The van der Waals surface area contributed by atoms with Crippen molar-refractivity contribution in [1.82, 2.24) is 5.32 Å². The second kappa shape index (κ2) is 9.31. The molecule has 1 atom stereocenters. The van der Waals surface area contributed by atoms with Crippen molar-refractivity contribution in [3.05, 3.63) is 94.8 Å². The summed E-state index contributed by atoms with van der Waals surface area (Å²) < 4.78 is 40.8. The van der Waals surface area contributed by atoms with Gasteiger partial charge < -0.3 is 5.32 Å². The van der Waals surface area contributed by atoms with Gasteiger partial charge >= 0.3 is 0 Å². The van der Waals surface area contributed by atoms with Crippen molar-refractivity contribution < 1.29 is 17.6 Å². The van der Waals surface area contributed by atoms with Gasteiger partial charge in [-0.05, 0) is 79.4 Å². The van der Waals surface area contributed by atoms with Gasteiger partial charge in [-0.1, -0.05) is 31.2 Å². The molecule has 0 aliphatic heterocycles. The van der Waals surface area contributed by atoms with E-state index < -0.39 is 15.8 Å². The second-order valence-corrected chi connectivity index (χ2v) is 9.10. The molecule has 0 fully saturated rings. The molecule has 31 heavy (non-hydrogen) atoms. The van der Waals surface area contributed by atoms with Gasteiger partial charge in [0.05, 0.1) is 10.9 Å². The molecule has 0 spiro atoms. The van der Waals surface area contributed by atoms with Crippen LogP contribution in [-0.2, 0) is 10.0 Å². The summed E-state index contributed by atoms with van der Waals surface area (Å²) in [6.07, 6.45) is 0.693. The van der Waals surface area contributed by atoms with Crippen LogP contribution in [0.1, 0.15) is 46.4 Å². The van der Waals surface area contributed by atoms with E-state index in [1.807, 2.05) is 32.9 Å². The first-order chi connectivity index (χ1) is 14.7. The molecular weight excluding hydrogens is 415 g/mol. The third-order valence-electron chi connectivity index (χ3n) is 5.15. The fourth-order valence-electron chi connectivity index (χ4n) is 3.18. The van der Waals surface area contributed by atoms with E-state index in [2.05, 4.69) is 16.1 Å². The van der Waals surface area contributed by atoms with Crippen molar-refractivity contribution in [1.29, 1.82) is 0 Å². The summed E-state index contributed by atoms with van der Waals surface area (Å²) in [5.74, 6) is -0.820. The molecule has 3 aromatic rings. The van der Waals surface area contributed by atoms with Crippen molar-refractivity contribution in [2.45, 2.75) is 38.1 Å². The largest absolute Gasteiger partial charge is 0.345 e. The topological polar surface area (TPSA) is 75.3 Å². The number of benzene rings is 3. The number of anilines is 1. The molecule has 1 amide bonds. The van der Waals surface area contributed by atoms with E-state index in [1.54, 1.807) is 6.07 Å². The number of halogens is 1. The van der Waals surface area contributed by atoms with E-state index in [4.69, 9.17) is 0 Å². The van der Waals surface area contributed by atoms with Crippen LogP contribution >= 0.6 is 0 Å². The minimum absolute atomic E-state index is 0.0521. The predicted octanol–water partition coefficient (Wildman–Crippen LogP) is 5.12. The number of amides is 1. The zero-order valence-corrected chi connectivity index (χ0v) is 18.5. The third kappa shape index (κ3) is 5.49. The third-order valence-corrected chi connectivity index (χ3v) is 6.53. The van der Waals surface area contributed by atoms with E-state index in [-0.39, 0.29) is 28.1 Å². The fraction of sp³-hybridized carbons (Fsp3) is 0.208. The number of rotatable bonds is 7. The van der Waals surface area contributed by atoms with E-state index in [0.29, 0.717) is 6.42 Å². The number of sulfonamides is 1. The van der Waals surface area contributed by atoms with E-state index in [0.717, 1.165) is 11.1 Å². The van der Waals surface area contributed by atoms with E-state index >= 15 is 0 Å². The monoisotopic (exact) mass is 440 g/mol. The number of hydrogen-bond donors (Lipinski definition) is 2. The minimum Gasteiger partial charge on any atom is -0.345 e. The van der Waals surface area contributed by atoms with Gasteiger partial charge in [0.25, 0.3) is 15.9 Å². The van der Waals surface area contributed by atoms with Crippen molar-refractivity contribution >= 4 is 21.6 Å². The Labute approximate surface area is 182 Å². The van der Waals surface area contributed by atoms with Crippen LogP contribution in [0.2, 0.25) is 0 Å². The summed E-state index contributed by atoms with van der Waals surface area (Å²) in [5.41, 5.74) is 3.80. The van der Waals surface area contributed by atoms with Gasteiger partial charge in [0.2, 0.25) is 0 Å². The molecule has 7 heteroatoms. The summed E-state index contributed by atoms with van der Waals surface area (Å²) in [6.45, 7) is 6.04. The highest BCUT2D eigenvalue weighted by Crippen LogP contribution is 2.22. The lowest BCUT2D eigenvalue weighted by molar-refractivity contribution is 0.0935. The normalized spacial score (nSPS) is 12.3. The smallest absolute Gasteiger partial charge is 0.261 e. The maximum atomic E-state index is 13.1. The Morgan fingerprint density at radius 1 is 0.968 bits per heavy atom. The molecule has 0 aromatic heterocycles. The van der Waals surface area contributed by atoms with Crippen LogP contribution in [0.15, 0.2) is 71.6 Å². The molecule has 0 heterocycles. The quantitative estimate of drug-likeness (QED) is 0.535. The fourth-order valence-corrected chi connectivity index (χ4v) is 4.28. The van der Waals surface area contributed by atoms with Crippen molar-refractivity contribution in [3.8, 4) is 0 Å². The number of nitrogens with one attached hydrogen (secondary N) is 2. The van der Waals surface area contributed by atoms with Gasteiger partial charge in [-0.15, -0.1) is 0 Å². The van der Waals surface area contributed by atoms with Gasteiger partial charge in [-0.3, -0.25) is 9.52 Å². The number of aryl methyl sites for hydroxylation is 2. The lowest BCUT2D eigenvalue weighted by atomic mass is 9.99. The Bertz CT molecular complexity index is 1190. The van der Waals surface area contributed by atoms with E-state index in [9.17, 15) is 17.6 Å². The first-order valence-corrected chi connectivity index (χ1v) is 11.4. The highest BCUT2D eigenvalue weighted by Gasteiger charge is 2.19. The summed E-state index contributed by atoms with van der Waals surface area (Å²) in [7, 11) is -3.93. The summed E-state index contributed by atoms with van der Waals surface area (Å²) in [4.78, 5) is 12.8. The molecule has 0 aliphatic carbocycles. The van der Waals surface area contributed by atoms with Crippen LogP contribution in [0, 0.1) is 19.7 Å². The molecule has 3 aromatic carbocycles. The lowest BCUT2D eigenvalue weighted by Gasteiger charge is -2.19. The average Bonchev–Trinajstić information content (AvgIpc) is 2.75. The first-order valence-electron chi connectivity index (χ1n) is 9.96. The van der Waals surface area contributed by atoms with Crippen molar-refractivity contribution in [2.75, 3.05) is 4.72 Å². The minimum atomic E-state index is -3.93. The standard InChI is InChI=1S/C24H25FN2O3S/c1-4-23(18-9-8-16(2)17(3)14-18)26-24(28)19-6-5-7-22(15-19)31(29,30)27-21-12-10-20(25)11-13-21/h5-15,23,27H,4H2,1-3H3,(H,26,28). The van der Waals surface area contributed by atoms with Crippen molar-refractivity contribution in [3.63, 3.8) is 0 Å². The maximum Gasteiger partial charge on any atom is 0.261 e. The molecular formula is C24H25FN2O3S. The Balaban J connectivity index is 1.80. The molecule has 2 N–H and O–H groups in total. The highest BCUT2D eigenvalue weighted by molar-refractivity contribution is 7.92. The molecule has 162 valence electrons. The molecule has 0 saturated carbocycles. The molecule has 0 aliphatic rings. The molecule has 1 unspecified atom stereocenters. The van der Waals surface area contributed by atoms with Gasteiger partial charge in [0.1, 0.15) is 5.82 Å². The summed E-state index contributed by atoms with van der Waals surface area (Å²) in [5, 5.41) is 2.98. The molecule has 3 rings (SSSR count).